The number of anilines is 1. The zero-order valence-electron chi connectivity index (χ0n) is 9.51. The molecule has 0 radical (unpaired) electrons. The topological polar surface area (TPSA) is 60.2 Å². The minimum Gasteiger partial charge on any atom is -0.399 e. The van der Waals surface area contributed by atoms with Gasteiger partial charge < -0.3 is 5.73 Å². The lowest BCUT2D eigenvalue weighted by Gasteiger charge is -2.05. The van der Waals surface area contributed by atoms with Crippen LogP contribution in [-0.2, 0) is 15.6 Å². The summed E-state index contributed by atoms with van der Waals surface area (Å²) in [7, 11) is -3.47. The van der Waals surface area contributed by atoms with E-state index in [9.17, 15) is 12.8 Å². The molecule has 94 valence electrons. The van der Waals surface area contributed by atoms with Crippen molar-refractivity contribution in [2.45, 2.75) is 10.6 Å². The summed E-state index contributed by atoms with van der Waals surface area (Å²) in [6.07, 6.45) is 0. The van der Waals surface area contributed by atoms with E-state index < -0.39 is 15.7 Å². The summed E-state index contributed by atoms with van der Waals surface area (Å²) < 4.78 is 37.3. The molecule has 2 rings (SSSR count). The molecule has 5 heteroatoms. The zero-order chi connectivity index (χ0) is 13.2. The van der Waals surface area contributed by atoms with E-state index in [1.54, 1.807) is 18.2 Å². The van der Waals surface area contributed by atoms with Crippen molar-refractivity contribution in [3.05, 3.63) is 59.9 Å². The number of nitrogen functional groups attached to an aromatic ring is 1. The van der Waals surface area contributed by atoms with E-state index in [2.05, 4.69) is 0 Å². The van der Waals surface area contributed by atoms with Gasteiger partial charge in [-0.3, -0.25) is 0 Å². The lowest BCUT2D eigenvalue weighted by Crippen LogP contribution is -2.05. The second kappa shape index (κ2) is 4.78. The molecule has 0 spiro atoms. The Kier molecular flexibility index (Phi) is 3.34. The summed E-state index contributed by atoms with van der Waals surface area (Å²) in [5, 5.41) is 0. The van der Waals surface area contributed by atoms with Crippen molar-refractivity contribution in [2.24, 2.45) is 0 Å². The maximum Gasteiger partial charge on any atom is 0.182 e. The smallest absolute Gasteiger partial charge is 0.182 e. The van der Waals surface area contributed by atoms with Gasteiger partial charge in [-0.2, -0.15) is 0 Å². The van der Waals surface area contributed by atoms with Crippen molar-refractivity contribution in [3.8, 4) is 0 Å². The highest BCUT2D eigenvalue weighted by atomic mass is 32.2. The van der Waals surface area contributed by atoms with Gasteiger partial charge in [0.1, 0.15) is 5.82 Å². The number of sulfone groups is 1. The quantitative estimate of drug-likeness (QED) is 0.867. The van der Waals surface area contributed by atoms with Crippen LogP contribution in [0.5, 0.6) is 0 Å². The number of nitrogens with two attached hydrogens (primary N) is 1. The largest absolute Gasteiger partial charge is 0.399 e. The van der Waals surface area contributed by atoms with E-state index in [-0.39, 0.29) is 16.3 Å². The number of hydrogen-bond acceptors (Lipinski definition) is 3. The maximum absolute atomic E-state index is 13.1. The minimum atomic E-state index is -3.47. The van der Waals surface area contributed by atoms with Crippen LogP contribution in [0, 0.1) is 5.82 Å². The Labute approximate surface area is 105 Å². The molecule has 2 aromatic rings. The lowest BCUT2D eigenvalue weighted by molar-refractivity contribution is 0.594. The van der Waals surface area contributed by atoms with Crippen LogP contribution in [0.1, 0.15) is 5.56 Å². The van der Waals surface area contributed by atoms with Gasteiger partial charge in [0.2, 0.25) is 0 Å². The molecule has 0 saturated carbocycles. The van der Waals surface area contributed by atoms with Gasteiger partial charge in [0.15, 0.2) is 9.84 Å². The van der Waals surface area contributed by atoms with E-state index >= 15 is 0 Å². The van der Waals surface area contributed by atoms with Crippen LogP contribution < -0.4 is 5.73 Å². The van der Waals surface area contributed by atoms with E-state index in [4.69, 9.17) is 5.73 Å². The molecule has 2 aromatic carbocycles. The lowest BCUT2D eigenvalue weighted by atomic mass is 10.2. The van der Waals surface area contributed by atoms with Crippen molar-refractivity contribution in [3.63, 3.8) is 0 Å². The van der Waals surface area contributed by atoms with Gasteiger partial charge in [-0.15, -0.1) is 0 Å². The molecule has 0 aromatic heterocycles. The van der Waals surface area contributed by atoms with Crippen LogP contribution in [-0.4, -0.2) is 8.42 Å². The van der Waals surface area contributed by atoms with E-state index in [0.29, 0.717) is 5.56 Å². The van der Waals surface area contributed by atoms with Gasteiger partial charge >= 0.3 is 0 Å². The van der Waals surface area contributed by atoms with E-state index in [1.165, 1.54) is 24.3 Å². The fraction of sp³-hybridized carbons (Fsp3) is 0.0769. The van der Waals surface area contributed by atoms with Crippen LogP contribution >= 0.6 is 0 Å². The maximum atomic E-state index is 13.1. The van der Waals surface area contributed by atoms with E-state index in [1.807, 2.05) is 0 Å². The normalized spacial score (nSPS) is 11.4. The molecule has 0 aliphatic rings. The molecule has 0 atom stereocenters. The summed E-state index contributed by atoms with van der Waals surface area (Å²) in [4.78, 5) is 0.216. The average Bonchev–Trinajstić information content (AvgIpc) is 2.28. The first kappa shape index (κ1) is 12.6. The van der Waals surface area contributed by atoms with E-state index in [0.717, 1.165) is 6.07 Å². The molecule has 0 heterocycles. The molecule has 0 aliphatic carbocycles. The molecule has 2 N–H and O–H groups in total. The molecular weight excluding hydrogens is 253 g/mol. The summed E-state index contributed by atoms with van der Waals surface area (Å²) in [6.45, 7) is 0. The van der Waals surface area contributed by atoms with Crippen LogP contribution in [0.15, 0.2) is 53.4 Å². The molecule has 0 fully saturated rings. The Morgan fingerprint density at radius 1 is 1.06 bits per heavy atom. The number of halogens is 1. The Balaban J connectivity index is 2.34. The molecule has 0 unspecified atom stereocenters. The predicted octanol–water partition coefficient (Wildman–Crippen LogP) is 2.38. The van der Waals surface area contributed by atoms with Crippen molar-refractivity contribution in [2.75, 3.05) is 5.73 Å². The van der Waals surface area contributed by atoms with Crippen LogP contribution in [0.3, 0.4) is 0 Å². The molecular formula is C13H12FNO2S. The van der Waals surface area contributed by atoms with Gasteiger partial charge in [0.25, 0.3) is 0 Å². The highest BCUT2D eigenvalue weighted by Crippen LogP contribution is 2.18. The Morgan fingerprint density at radius 3 is 2.33 bits per heavy atom. The fourth-order valence-corrected chi connectivity index (χ4v) is 3.03. The molecule has 18 heavy (non-hydrogen) atoms. The second-order valence-corrected chi connectivity index (χ2v) is 5.95. The Bertz CT molecular complexity index is 634. The SMILES string of the molecule is Nc1cc(F)cc(CS(=O)(=O)c2ccccc2)c1. The standard InChI is InChI=1S/C13H12FNO2S/c14-11-6-10(7-12(15)8-11)9-18(16,17)13-4-2-1-3-5-13/h1-8H,9,15H2. The first-order valence-corrected chi connectivity index (χ1v) is 6.95. The first-order chi connectivity index (χ1) is 8.47. The summed E-state index contributed by atoms with van der Waals surface area (Å²) in [6, 6.07) is 11.8. The first-order valence-electron chi connectivity index (χ1n) is 5.30. The Hall–Kier alpha value is -1.88. The number of rotatable bonds is 3. The molecule has 0 bridgehead atoms. The average molecular weight is 265 g/mol. The highest BCUT2D eigenvalue weighted by molar-refractivity contribution is 7.90. The van der Waals surface area contributed by atoms with Gasteiger partial charge in [-0.25, -0.2) is 12.8 Å². The Morgan fingerprint density at radius 2 is 1.72 bits per heavy atom. The summed E-state index contributed by atoms with van der Waals surface area (Å²) in [5.41, 5.74) is 6.04. The third kappa shape index (κ3) is 2.87. The van der Waals surface area contributed by atoms with Gasteiger partial charge in [0.05, 0.1) is 10.6 Å². The molecule has 0 saturated heterocycles. The second-order valence-electron chi connectivity index (χ2n) is 3.96. The third-order valence-electron chi connectivity index (χ3n) is 2.44. The van der Waals surface area contributed by atoms with Crippen molar-refractivity contribution < 1.29 is 12.8 Å². The van der Waals surface area contributed by atoms with Gasteiger partial charge in [0, 0.05) is 5.69 Å². The van der Waals surface area contributed by atoms with Gasteiger partial charge in [-0.05, 0) is 35.9 Å². The van der Waals surface area contributed by atoms with Gasteiger partial charge in [-0.1, -0.05) is 18.2 Å². The predicted molar refractivity (Wildman–Crippen MR) is 68.1 cm³/mol. The van der Waals surface area contributed by atoms with Crippen molar-refractivity contribution >= 4 is 15.5 Å². The van der Waals surface area contributed by atoms with Crippen LogP contribution in [0.25, 0.3) is 0 Å². The molecule has 3 nitrogen and oxygen atoms in total. The third-order valence-corrected chi connectivity index (χ3v) is 4.14. The monoisotopic (exact) mass is 265 g/mol. The van der Waals surface area contributed by atoms with Crippen LogP contribution in [0.4, 0.5) is 10.1 Å². The zero-order valence-corrected chi connectivity index (χ0v) is 10.3. The summed E-state index contributed by atoms with van der Waals surface area (Å²) >= 11 is 0. The van der Waals surface area contributed by atoms with Crippen LogP contribution in [0.2, 0.25) is 0 Å². The number of hydrogen-bond donors (Lipinski definition) is 1. The molecule has 0 amide bonds. The minimum absolute atomic E-state index is 0.216. The highest BCUT2D eigenvalue weighted by Gasteiger charge is 2.15. The fourth-order valence-electron chi connectivity index (χ4n) is 1.69. The number of benzene rings is 2. The van der Waals surface area contributed by atoms with Crippen molar-refractivity contribution in [1.29, 1.82) is 0 Å². The summed E-state index contributed by atoms with van der Waals surface area (Å²) in [5.74, 6) is -0.799. The molecule has 0 aliphatic heterocycles. The van der Waals surface area contributed by atoms with Crippen molar-refractivity contribution in [1.82, 2.24) is 0 Å².